The second-order valence-corrected chi connectivity index (χ2v) is 6.67. The summed E-state index contributed by atoms with van der Waals surface area (Å²) >= 11 is 0. The summed E-state index contributed by atoms with van der Waals surface area (Å²) in [5, 5.41) is 4.01. The predicted octanol–water partition coefficient (Wildman–Crippen LogP) is 5.09. The molecule has 0 spiro atoms. The summed E-state index contributed by atoms with van der Waals surface area (Å²) in [4.78, 5) is 14.8. The third-order valence-corrected chi connectivity index (χ3v) is 4.50. The van der Waals surface area contributed by atoms with E-state index in [2.05, 4.69) is 5.16 Å². The molecule has 2 heterocycles. The lowest BCUT2D eigenvalue weighted by molar-refractivity contribution is 0.0707. The number of benzene rings is 2. The fourth-order valence-electron chi connectivity index (χ4n) is 2.99. The molecule has 0 aliphatic carbocycles. The number of furan rings is 1. The number of nitrogens with zero attached hydrogens (tertiary/aromatic N) is 2. The molecule has 4 rings (SSSR count). The molecule has 0 bridgehead atoms. The Kier molecular flexibility index (Phi) is 5.06. The number of aromatic nitrogens is 1. The predicted molar refractivity (Wildman–Crippen MR) is 105 cm³/mol. The van der Waals surface area contributed by atoms with E-state index in [1.54, 1.807) is 17.2 Å². The lowest BCUT2D eigenvalue weighted by Gasteiger charge is -2.20. The molecule has 4 aromatic rings. The van der Waals surface area contributed by atoms with Crippen LogP contribution in [0.3, 0.4) is 0 Å². The van der Waals surface area contributed by atoms with E-state index in [9.17, 15) is 4.79 Å². The molecular formula is C23H20N2O3. The van der Waals surface area contributed by atoms with Crippen molar-refractivity contribution in [2.45, 2.75) is 20.0 Å². The molecule has 0 aliphatic rings. The summed E-state index contributed by atoms with van der Waals surface area (Å²) in [6.45, 7) is 2.83. The zero-order chi connectivity index (χ0) is 19.3. The van der Waals surface area contributed by atoms with Crippen LogP contribution in [0.4, 0.5) is 0 Å². The van der Waals surface area contributed by atoms with Crippen LogP contribution in [-0.2, 0) is 13.1 Å². The van der Waals surface area contributed by atoms with Crippen LogP contribution < -0.4 is 0 Å². The topological polar surface area (TPSA) is 59.5 Å². The number of carbonyl (C=O) groups is 1. The van der Waals surface area contributed by atoms with Gasteiger partial charge in [0.25, 0.3) is 5.91 Å². The van der Waals surface area contributed by atoms with Crippen LogP contribution in [0.25, 0.3) is 11.3 Å². The number of hydrogen-bond donors (Lipinski definition) is 0. The molecule has 140 valence electrons. The van der Waals surface area contributed by atoms with Crippen LogP contribution in [0.5, 0.6) is 0 Å². The first-order chi connectivity index (χ1) is 13.7. The molecule has 0 saturated heterocycles. The van der Waals surface area contributed by atoms with Gasteiger partial charge in [-0.15, -0.1) is 0 Å². The molecule has 5 nitrogen and oxygen atoms in total. The number of rotatable bonds is 6. The highest BCUT2D eigenvalue weighted by atomic mass is 16.5. The largest absolute Gasteiger partial charge is 0.467 e. The first-order valence-electron chi connectivity index (χ1n) is 9.08. The average Bonchev–Trinajstić information content (AvgIpc) is 3.40. The van der Waals surface area contributed by atoms with E-state index in [1.165, 1.54) is 0 Å². The quantitative estimate of drug-likeness (QED) is 0.473. The first-order valence-corrected chi connectivity index (χ1v) is 9.08. The Bertz CT molecular complexity index is 1040. The number of amides is 1. The lowest BCUT2D eigenvalue weighted by Crippen LogP contribution is -2.30. The molecule has 2 aromatic carbocycles. The molecule has 0 radical (unpaired) electrons. The van der Waals surface area contributed by atoms with Gasteiger partial charge in [-0.25, -0.2) is 0 Å². The van der Waals surface area contributed by atoms with Gasteiger partial charge in [-0.2, -0.15) is 0 Å². The maximum Gasteiger partial charge on any atom is 0.276 e. The van der Waals surface area contributed by atoms with Gasteiger partial charge in [0.1, 0.15) is 5.76 Å². The van der Waals surface area contributed by atoms with Crippen molar-refractivity contribution < 1.29 is 13.7 Å². The van der Waals surface area contributed by atoms with E-state index in [-0.39, 0.29) is 11.6 Å². The van der Waals surface area contributed by atoms with Gasteiger partial charge in [0.2, 0.25) is 0 Å². The molecule has 0 N–H and O–H groups in total. The van der Waals surface area contributed by atoms with Crippen LogP contribution in [0, 0.1) is 6.92 Å². The summed E-state index contributed by atoms with van der Waals surface area (Å²) in [6.07, 6.45) is 1.60. The standard InChI is InChI=1S/C23H20N2O3/c1-17-9-11-19(12-10-17)22-14-21(24-28-22)23(26)25(16-20-8-5-13-27-20)15-18-6-3-2-4-7-18/h2-14H,15-16H2,1H3. The Morgan fingerprint density at radius 1 is 0.964 bits per heavy atom. The van der Waals surface area contributed by atoms with Gasteiger partial charge in [0, 0.05) is 18.2 Å². The summed E-state index contributed by atoms with van der Waals surface area (Å²) in [7, 11) is 0. The lowest BCUT2D eigenvalue weighted by atomic mass is 10.1. The van der Waals surface area contributed by atoms with Crippen LogP contribution in [0.1, 0.15) is 27.4 Å². The fraction of sp³-hybridized carbons (Fsp3) is 0.130. The highest BCUT2D eigenvalue weighted by molar-refractivity contribution is 5.93. The van der Waals surface area contributed by atoms with Crippen molar-refractivity contribution in [1.29, 1.82) is 0 Å². The van der Waals surface area contributed by atoms with Crippen molar-refractivity contribution in [3.05, 3.63) is 102 Å². The van der Waals surface area contributed by atoms with Gasteiger partial charge in [-0.05, 0) is 24.6 Å². The van der Waals surface area contributed by atoms with Crippen molar-refractivity contribution in [1.82, 2.24) is 10.1 Å². The van der Waals surface area contributed by atoms with E-state index in [4.69, 9.17) is 8.94 Å². The van der Waals surface area contributed by atoms with Gasteiger partial charge in [-0.1, -0.05) is 65.3 Å². The molecule has 2 aromatic heterocycles. The Hall–Kier alpha value is -3.60. The average molecular weight is 372 g/mol. The Labute approximate surface area is 163 Å². The smallest absolute Gasteiger partial charge is 0.276 e. The van der Waals surface area contributed by atoms with Crippen molar-refractivity contribution >= 4 is 5.91 Å². The second kappa shape index (κ2) is 7.96. The third-order valence-electron chi connectivity index (χ3n) is 4.50. The Balaban J connectivity index is 1.58. The van der Waals surface area contributed by atoms with Gasteiger partial charge >= 0.3 is 0 Å². The first kappa shape index (κ1) is 17.8. The number of hydrogen-bond acceptors (Lipinski definition) is 4. The SMILES string of the molecule is Cc1ccc(-c2cc(C(=O)N(Cc3ccccc3)Cc3ccco3)no2)cc1. The van der Waals surface area contributed by atoms with Gasteiger partial charge in [0.15, 0.2) is 11.5 Å². The van der Waals surface area contributed by atoms with Crippen molar-refractivity contribution in [3.8, 4) is 11.3 Å². The van der Waals surface area contributed by atoms with E-state index < -0.39 is 0 Å². The Morgan fingerprint density at radius 2 is 1.75 bits per heavy atom. The maximum atomic E-state index is 13.1. The van der Waals surface area contributed by atoms with Gasteiger partial charge < -0.3 is 13.8 Å². The minimum atomic E-state index is -0.206. The second-order valence-electron chi connectivity index (χ2n) is 6.67. The number of aryl methyl sites for hydroxylation is 1. The van der Waals surface area contributed by atoms with Crippen LogP contribution in [0.15, 0.2) is 88.0 Å². The highest BCUT2D eigenvalue weighted by Gasteiger charge is 2.22. The van der Waals surface area contributed by atoms with Gasteiger partial charge in [-0.3, -0.25) is 4.79 Å². The van der Waals surface area contributed by atoms with Crippen molar-refractivity contribution in [2.75, 3.05) is 0 Å². The summed E-state index contributed by atoms with van der Waals surface area (Å²) < 4.78 is 10.9. The molecule has 0 aliphatic heterocycles. The molecule has 0 atom stereocenters. The summed E-state index contributed by atoms with van der Waals surface area (Å²) in [5.74, 6) is 1.08. The fourth-order valence-corrected chi connectivity index (χ4v) is 2.99. The molecule has 0 fully saturated rings. The molecule has 0 saturated carbocycles. The Morgan fingerprint density at radius 3 is 2.46 bits per heavy atom. The van der Waals surface area contributed by atoms with E-state index in [1.807, 2.05) is 73.7 Å². The maximum absolute atomic E-state index is 13.1. The van der Waals surface area contributed by atoms with Crippen LogP contribution in [-0.4, -0.2) is 16.0 Å². The third kappa shape index (κ3) is 4.04. The molecule has 28 heavy (non-hydrogen) atoms. The van der Waals surface area contributed by atoms with Gasteiger partial charge in [0.05, 0.1) is 12.8 Å². The summed E-state index contributed by atoms with van der Waals surface area (Å²) in [6, 6.07) is 23.1. The van der Waals surface area contributed by atoms with E-state index in [0.717, 1.165) is 16.7 Å². The minimum absolute atomic E-state index is 0.206. The molecular weight excluding hydrogens is 352 g/mol. The van der Waals surface area contributed by atoms with Crippen LogP contribution in [0.2, 0.25) is 0 Å². The van der Waals surface area contributed by atoms with Crippen LogP contribution >= 0.6 is 0 Å². The monoisotopic (exact) mass is 372 g/mol. The molecule has 1 amide bonds. The zero-order valence-electron chi connectivity index (χ0n) is 15.5. The molecule has 0 unspecified atom stereocenters. The molecule has 5 heteroatoms. The zero-order valence-corrected chi connectivity index (χ0v) is 15.5. The number of carbonyl (C=O) groups excluding carboxylic acids is 1. The highest BCUT2D eigenvalue weighted by Crippen LogP contribution is 2.22. The summed E-state index contributed by atoms with van der Waals surface area (Å²) in [5.41, 5.74) is 3.35. The van der Waals surface area contributed by atoms with E-state index >= 15 is 0 Å². The normalized spacial score (nSPS) is 10.8. The van der Waals surface area contributed by atoms with Crippen molar-refractivity contribution in [3.63, 3.8) is 0 Å². The minimum Gasteiger partial charge on any atom is -0.467 e. The van der Waals surface area contributed by atoms with E-state index in [0.29, 0.717) is 24.6 Å². The van der Waals surface area contributed by atoms with Crippen molar-refractivity contribution in [2.24, 2.45) is 0 Å².